The van der Waals surface area contributed by atoms with Gasteiger partial charge in [-0.25, -0.2) is 4.79 Å². The van der Waals surface area contributed by atoms with Gasteiger partial charge in [0, 0.05) is 29.9 Å². The van der Waals surface area contributed by atoms with Crippen LogP contribution in [0.25, 0.3) is 10.8 Å². The van der Waals surface area contributed by atoms with Crippen molar-refractivity contribution in [2.75, 3.05) is 41.8 Å². The van der Waals surface area contributed by atoms with Crippen LogP contribution in [0.1, 0.15) is 0 Å². The lowest BCUT2D eigenvalue weighted by Crippen LogP contribution is -2.36. The first-order chi connectivity index (χ1) is 12.8. The molecule has 1 saturated heterocycles. The van der Waals surface area contributed by atoms with Gasteiger partial charge in [-0.05, 0) is 35.7 Å². The third kappa shape index (κ3) is 3.63. The normalized spacial score (nSPS) is 14.2. The van der Waals surface area contributed by atoms with Crippen LogP contribution in [0.2, 0.25) is 0 Å². The van der Waals surface area contributed by atoms with E-state index < -0.39 is 0 Å². The number of benzene rings is 3. The Balaban J connectivity index is 1.43. The lowest BCUT2D eigenvalue weighted by atomic mass is 10.1. The van der Waals surface area contributed by atoms with Gasteiger partial charge in [0.05, 0.1) is 18.9 Å². The van der Waals surface area contributed by atoms with E-state index in [0.717, 1.165) is 54.1 Å². The van der Waals surface area contributed by atoms with Crippen LogP contribution in [-0.4, -0.2) is 32.3 Å². The van der Waals surface area contributed by atoms with Crippen molar-refractivity contribution in [3.63, 3.8) is 0 Å². The highest BCUT2D eigenvalue weighted by atomic mass is 16.5. The minimum Gasteiger partial charge on any atom is -0.378 e. The van der Waals surface area contributed by atoms with Crippen LogP contribution in [0, 0.1) is 0 Å². The molecule has 0 atom stereocenters. The van der Waals surface area contributed by atoms with Crippen LogP contribution in [0.3, 0.4) is 0 Å². The van der Waals surface area contributed by atoms with Crippen molar-refractivity contribution in [2.45, 2.75) is 0 Å². The number of morpholine rings is 1. The molecule has 0 unspecified atom stereocenters. The quantitative estimate of drug-likeness (QED) is 0.742. The van der Waals surface area contributed by atoms with Crippen LogP contribution in [0.15, 0.2) is 66.7 Å². The van der Waals surface area contributed by atoms with E-state index in [-0.39, 0.29) is 6.03 Å². The smallest absolute Gasteiger partial charge is 0.323 e. The number of amides is 2. The lowest BCUT2D eigenvalue weighted by Gasteiger charge is -2.28. The highest BCUT2D eigenvalue weighted by Crippen LogP contribution is 2.23. The van der Waals surface area contributed by atoms with E-state index in [1.807, 2.05) is 66.7 Å². The molecule has 26 heavy (non-hydrogen) atoms. The summed E-state index contributed by atoms with van der Waals surface area (Å²) in [5, 5.41) is 7.94. The van der Waals surface area contributed by atoms with Crippen molar-refractivity contribution < 1.29 is 9.53 Å². The van der Waals surface area contributed by atoms with E-state index in [4.69, 9.17) is 4.74 Å². The van der Waals surface area contributed by atoms with E-state index in [0.29, 0.717) is 0 Å². The van der Waals surface area contributed by atoms with Gasteiger partial charge < -0.3 is 20.3 Å². The minimum atomic E-state index is -0.250. The maximum atomic E-state index is 12.4. The molecule has 0 aliphatic carbocycles. The largest absolute Gasteiger partial charge is 0.378 e. The fourth-order valence-electron chi connectivity index (χ4n) is 3.20. The number of hydrogen-bond donors (Lipinski definition) is 2. The van der Waals surface area contributed by atoms with Crippen LogP contribution in [0.4, 0.5) is 21.9 Å². The summed E-state index contributed by atoms with van der Waals surface area (Å²) < 4.78 is 5.38. The zero-order chi connectivity index (χ0) is 17.8. The molecule has 1 aliphatic heterocycles. The Hall–Kier alpha value is -3.05. The molecule has 132 valence electrons. The molecule has 0 bridgehead atoms. The third-order valence-electron chi connectivity index (χ3n) is 4.54. The van der Waals surface area contributed by atoms with Crippen molar-refractivity contribution in [2.24, 2.45) is 0 Å². The Kier molecular flexibility index (Phi) is 4.71. The zero-order valence-electron chi connectivity index (χ0n) is 14.4. The molecule has 0 spiro atoms. The first-order valence-electron chi connectivity index (χ1n) is 8.78. The molecule has 5 heteroatoms. The maximum Gasteiger partial charge on any atom is 0.323 e. The van der Waals surface area contributed by atoms with Crippen molar-refractivity contribution in [3.05, 3.63) is 66.7 Å². The number of nitrogens with zero attached hydrogens (tertiary/aromatic N) is 1. The highest BCUT2D eigenvalue weighted by Gasteiger charge is 2.11. The molecule has 3 aromatic carbocycles. The zero-order valence-corrected chi connectivity index (χ0v) is 14.4. The average molecular weight is 347 g/mol. The molecule has 0 saturated carbocycles. The fourth-order valence-corrected chi connectivity index (χ4v) is 3.20. The van der Waals surface area contributed by atoms with Crippen molar-refractivity contribution >= 4 is 33.9 Å². The number of ether oxygens (including phenoxy) is 1. The van der Waals surface area contributed by atoms with Crippen molar-refractivity contribution in [1.82, 2.24) is 0 Å². The van der Waals surface area contributed by atoms with Crippen LogP contribution in [0.5, 0.6) is 0 Å². The number of urea groups is 1. The summed E-state index contributed by atoms with van der Waals surface area (Å²) in [7, 11) is 0. The summed E-state index contributed by atoms with van der Waals surface area (Å²) in [5.41, 5.74) is 2.71. The number of fused-ring (bicyclic) bond motifs is 1. The van der Waals surface area contributed by atoms with Crippen LogP contribution >= 0.6 is 0 Å². The van der Waals surface area contributed by atoms with Gasteiger partial charge in [0.1, 0.15) is 0 Å². The molecule has 3 aromatic rings. The maximum absolute atomic E-state index is 12.4. The number of anilines is 3. The van der Waals surface area contributed by atoms with Crippen LogP contribution < -0.4 is 15.5 Å². The van der Waals surface area contributed by atoms with E-state index in [1.165, 1.54) is 0 Å². The second kappa shape index (κ2) is 7.45. The monoisotopic (exact) mass is 347 g/mol. The number of carbonyl (C=O) groups is 1. The summed E-state index contributed by atoms with van der Waals surface area (Å²) in [6.45, 7) is 3.31. The number of carbonyl (C=O) groups excluding carboxylic acids is 1. The molecule has 4 rings (SSSR count). The molecule has 1 fully saturated rings. The van der Waals surface area contributed by atoms with E-state index in [1.54, 1.807) is 0 Å². The number of hydrogen-bond acceptors (Lipinski definition) is 3. The molecule has 2 amide bonds. The molecule has 1 heterocycles. The van der Waals surface area contributed by atoms with Gasteiger partial charge in [-0.1, -0.05) is 36.4 Å². The predicted molar refractivity (Wildman–Crippen MR) is 106 cm³/mol. The van der Waals surface area contributed by atoms with Gasteiger partial charge in [0.15, 0.2) is 0 Å². The SMILES string of the molecule is O=C(Nc1ccc(N2CCOCC2)cc1)Nc1cccc2ccccc12. The Bertz CT molecular complexity index is 897. The first kappa shape index (κ1) is 16.4. The summed E-state index contributed by atoms with van der Waals surface area (Å²) >= 11 is 0. The number of rotatable bonds is 3. The molecule has 5 nitrogen and oxygen atoms in total. The summed E-state index contributed by atoms with van der Waals surface area (Å²) in [4.78, 5) is 14.6. The Morgan fingerprint density at radius 1 is 0.846 bits per heavy atom. The van der Waals surface area contributed by atoms with Crippen molar-refractivity contribution in [1.29, 1.82) is 0 Å². The van der Waals surface area contributed by atoms with Gasteiger partial charge in [-0.2, -0.15) is 0 Å². The molecule has 0 aromatic heterocycles. The Morgan fingerprint density at radius 3 is 2.38 bits per heavy atom. The molecular formula is C21H21N3O2. The fraction of sp³-hybridized carbons (Fsp3) is 0.190. The summed E-state index contributed by atoms with van der Waals surface area (Å²) in [5.74, 6) is 0. The third-order valence-corrected chi connectivity index (χ3v) is 4.54. The molecule has 2 N–H and O–H groups in total. The van der Waals surface area contributed by atoms with E-state index >= 15 is 0 Å². The topological polar surface area (TPSA) is 53.6 Å². The second-order valence-corrected chi connectivity index (χ2v) is 6.25. The molecule has 1 aliphatic rings. The first-order valence-corrected chi connectivity index (χ1v) is 8.78. The highest BCUT2D eigenvalue weighted by molar-refractivity contribution is 6.06. The summed E-state index contributed by atoms with van der Waals surface area (Å²) in [6, 6.07) is 21.5. The lowest BCUT2D eigenvalue weighted by molar-refractivity contribution is 0.122. The average Bonchev–Trinajstić information content (AvgIpc) is 2.69. The van der Waals surface area contributed by atoms with E-state index in [9.17, 15) is 4.79 Å². The minimum absolute atomic E-state index is 0.250. The standard InChI is InChI=1S/C21H21N3O2/c25-21(23-20-7-3-5-16-4-1-2-6-19(16)20)22-17-8-10-18(11-9-17)24-12-14-26-15-13-24/h1-11H,12-15H2,(H2,22,23,25). The van der Waals surface area contributed by atoms with E-state index in [2.05, 4.69) is 15.5 Å². The van der Waals surface area contributed by atoms with Crippen molar-refractivity contribution in [3.8, 4) is 0 Å². The van der Waals surface area contributed by atoms with Gasteiger partial charge in [-0.15, -0.1) is 0 Å². The Labute approximate surface area is 152 Å². The predicted octanol–water partition coefficient (Wildman–Crippen LogP) is 4.32. The van der Waals surface area contributed by atoms with Gasteiger partial charge in [0.2, 0.25) is 0 Å². The van der Waals surface area contributed by atoms with Crippen LogP contribution in [-0.2, 0) is 4.74 Å². The second-order valence-electron chi connectivity index (χ2n) is 6.25. The molecular weight excluding hydrogens is 326 g/mol. The molecule has 0 radical (unpaired) electrons. The Morgan fingerprint density at radius 2 is 1.58 bits per heavy atom. The summed E-state index contributed by atoms with van der Waals surface area (Å²) in [6.07, 6.45) is 0. The van der Waals surface area contributed by atoms with Gasteiger partial charge in [-0.3, -0.25) is 0 Å². The van der Waals surface area contributed by atoms with Gasteiger partial charge >= 0.3 is 6.03 Å². The van der Waals surface area contributed by atoms with Gasteiger partial charge in [0.25, 0.3) is 0 Å². The number of nitrogens with one attached hydrogen (secondary N) is 2.